The summed E-state index contributed by atoms with van der Waals surface area (Å²) < 4.78 is 2.75. The van der Waals surface area contributed by atoms with Crippen molar-refractivity contribution >= 4 is 34.0 Å². The highest BCUT2D eigenvalue weighted by Gasteiger charge is 2.15. The van der Waals surface area contributed by atoms with E-state index < -0.39 is 0 Å². The van der Waals surface area contributed by atoms with E-state index in [1.54, 1.807) is 11.3 Å². The number of halogens is 1. The molecule has 104 valence electrons. The molecule has 0 aromatic carbocycles. The topological polar surface area (TPSA) is 30.7 Å². The van der Waals surface area contributed by atoms with Crippen molar-refractivity contribution in [3.05, 3.63) is 34.4 Å². The van der Waals surface area contributed by atoms with Crippen molar-refractivity contribution in [2.45, 2.75) is 33.2 Å². The van der Waals surface area contributed by atoms with E-state index in [0.29, 0.717) is 5.92 Å². The Hall–Kier alpha value is -1.39. The van der Waals surface area contributed by atoms with E-state index in [0.717, 1.165) is 27.6 Å². The first-order chi connectivity index (χ1) is 9.60. The number of hydrogen-bond donors (Lipinski definition) is 0. The summed E-state index contributed by atoms with van der Waals surface area (Å²) in [6.07, 6.45) is 1.90. The Labute approximate surface area is 127 Å². The number of fused-ring (bicyclic) bond motifs is 1. The second-order valence-electron chi connectivity index (χ2n) is 5.05. The van der Waals surface area contributed by atoms with Gasteiger partial charge in [0, 0.05) is 28.1 Å². The largest absolute Gasteiger partial charge is 0.248 e. The first-order valence-electron chi connectivity index (χ1n) is 6.72. The minimum absolute atomic E-state index is 0.383. The van der Waals surface area contributed by atoms with E-state index >= 15 is 0 Å². The van der Waals surface area contributed by atoms with Crippen LogP contribution in [-0.2, 0) is 6.54 Å². The maximum absolute atomic E-state index is 6.08. The monoisotopic (exact) mass is 305 g/mol. The van der Waals surface area contributed by atoms with Gasteiger partial charge in [-0.1, -0.05) is 25.4 Å². The Morgan fingerprint density at radius 3 is 2.75 bits per heavy atom. The second kappa shape index (κ2) is 5.19. The molecule has 3 heterocycles. The van der Waals surface area contributed by atoms with Crippen LogP contribution in [0.1, 0.15) is 32.4 Å². The standard InChI is InChI=1S/C15H16ClN3S/c1-4-19-15-11(8-17-19)10(7-12(18-15)9(2)3)13-5-6-14(16)20-13/h5-9H,4H2,1-3H3. The fourth-order valence-corrected chi connectivity index (χ4v) is 3.33. The second-order valence-corrected chi connectivity index (χ2v) is 6.77. The smallest absolute Gasteiger partial charge is 0.158 e. The molecule has 0 bridgehead atoms. The molecule has 0 saturated heterocycles. The number of pyridine rings is 1. The number of rotatable bonds is 3. The van der Waals surface area contributed by atoms with E-state index in [2.05, 4.69) is 38.0 Å². The molecule has 3 rings (SSSR count). The zero-order valence-electron chi connectivity index (χ0n) is 11.7. The van der Waals surface area contributed by atoms with Crippen molar-refractivity contribution in [2.24, 2.45) is 0 Å². The van der Waals surface area contributed by atoms with Crippen LogP contribution in [0.5, 0.6) is 0 Å². The van der Waals surface area contributed by atoms with E-state index in [-0.39, 0.29) is 0 Å². The zero-order chi connectivity index (χ0) is 14.3. The van der Waals surface area contributed by atoms with Gasteiger partial charge in [0.2, 0.25) is 0 Å². The van der Waals surface area contributed by atoms with Crippen LogP contribution in [0.4, 0.5) is 0 Å². The van der Waals surface area contributed by atoms with Gasteiger partial charge in [0.05, 0.1) is 10.5 Å². The highest BCUT2D eigenvalue weighted by Crippen LogP contribution is 2.36. The highest BCUT2D eigenvalue weighted by atomic mass is 35.5. The normalized spacial score (nSPS) is 11.7. The van der Waals surface area contributed by atoms with Crippen molar-refractivity contribution < 1.29 is 0 Å². The number of aryl methyl sites for hydroxylation is 1. The molecule has 0 fully saturated rings. The quantitative estimate of drug-likeness (QED) is 0.685. The van der Waals surface area contributed by atoms with Gasteiger partial charge in [-0.3, -0.25) is 0 Å². The van der Waals surface area contributed by atoms with Crippen molar-refractivity contribution in [2.75, 3.05) is 0 Å². The molecule has 3 aromatic rings. The van der Waals surface area contributed by atoms with E-state index in [1.165, 1.54) is 10.4 Å². The van der Waals surface area contributed by atoms with Crippen LogP contribution in [0.25, 0.3) is 21.5 Å². The lowest BCUT2D eigenvalue weighted by atomic mass is 10.0. The first-order valence-corrected chi connectivity index (χ1v) is 7.91. The predicted octanol–water partition coefficient (Wildman–Crippen LogP) is 4.96. The molecule has 3 nitrogen and oxygen atoms in total. The Morgan fingerprint density at radius 2 is 2.15 bits per heavy atom. The molecule has 0 saturated carbocycles. The summed E-state index contributed by atoms with van der Waals surface area (Å²) in [5, 5.41) is 5.53. The van der Waals surface area contributed by atoms with E-state index in [9.17, 15) is 0 Å². The Balaban J connectivity index is 2.31. The van der Waals surface area contributed by atoms with Gasteiger partial charge in [-0.15, -0.1) is 11.3 Å². The molecule has 0 radical (unpaired) electrons. The summed E-state index contributed by atoms with van der Waals surface area (Å²) in [6, 6.07) is 6.17. The minimum Gasteiger partial charge on any atom is -0.248 e. The van der Waals surface area contributed by atoms with Gasteiger partial charge in [0.25, 0.3) is 0 Å². The molecule has 5 heteroatoms. The maximum atomic E-state index is 6.08. The van der Waals surface area contributed by atoms with Gasteiger partial charge in [0.1, 0.15) is 0 Å². The van der Waals surface area contributed by atoms with Crippen molar-refractivity contribution in [1.29, 1.82) is 0 Å². The van der Waals surface area contributed by atoms with Crippen LogP contribution in [0, 0.1) is 0 Å². The lowest BCUT2D eigenvalue weighted by Crippen LogP contribution is -2.01. The van der Waals surface area contributed by atoms with Crippen molar-refractivity contribution in [3.8, 4) is 10.4 Å². The number of thiophene rings is 1. The van der Waals surface area contributed by atoms with Crippen LogP contribution < -0.4 is 0 Å². The Kier molecular flexibility index (Phi) is 3.52. The number of nitrogens with zero attached hydrogens (tertiary/aromatic N) is 3. The summed E-state index contributed by atoms with van der Waals surface area (Å²) in [5.74, 6) is 0.383. The molecular weight excluding hydrogens is 290 g/mol. The van der Waals surface area contributed by atoms with Gasteiger partial charge in [-0.2, -0.15) is 5.10 Å². The molecule has 0 aliphatic rings. The molecule has 0 atom stereocenters. The molecule has 0 N–H and O–H groups in total. The van der Waals surface area contributed by atoms with Crippen LogP contribution >= 0.6 is 22.9 Å². The summed E-state index contributed by atoms with van der Waals surface area (Å²) in [6.45, 7) is 7.22. The summed E-state index contributed by atoms with van der Waals surface area (Å²) in [5.41, 5.74) is 3.22. The third kappa shape index (κ3) is 2.23. The Bertz CT molecular complexity index is 758. The number of aromatic nitrogens is 3. The van der Waals surface area contributed by atoms with Gasteiger partial charge >= 0.3 is 0 Å². The average Bonchev–Trinajstić information content (AvgIpc) is 3.03. The number of hydrogen-bond acceptors (Lipinski definition) is 3. The van der Waals surface area contributed by atoms with Gasteiger partial charge in [-0.05, 0) is 31.0 Å². The summed E-state index contributed by atoms with van der Waals surface area (Å²) in [7, 11) is 0. The fourth-order valence-electron chi connectivity index (χ4n) is 2.26. The third-order valence-electron chi connectivity index (χ3n) is 3.36. The maximum Gasteiger partial charge on any atom is 0.158 e. The predicted molar refractivity (Wildman–Crippen MR) is 85.6 cm³/mol. The summed E-state index contributed by atoms with van der Waals surface area (Å²) >= 11 is 7.67. The molecule has 3 aromatic heterocycles. The van der Waals surface area contributed by atoms with Gasteiger partial charge in [-0.25, -0.2) is 9.67 Å². The summed E-state index contributed by atoms with van der Waals surface area (Å²) in [4.78, 5) is 5.94. The third-order valence-corrected chi connectivity index (χ3v) is 4.62. The van der Waals surface area contributed by atoms with Crippen molar-refractivity contribution in [1.82, 2.24) is 14.8 Å². The van der Waals surface area contributed by atoms with Crippen LogP contribution in [0.15, 0.2) is 24.4 Å². The zero-order valence-corrected chi connectivity index (χ0v) is 13.3. The average molecular weight is 306 g/mol. The Morgan fingerprint density at radius 1 is 1.35 bits per heavy atom. The van der Waals surface area contributed by atoms with Gasteiger partial charge in [0.15, 0.2) is 5.65 Å². The lowest BCUT2D eigenvalue weighted by molar-refractivity contribution is 0.673. The van der Waals surface area contributed by atoms with Gasteiger partial charge < -0.3 is 0 Å². The van der Waals surface area contributed by atoms with E-state index in [1.807, 2.05) is 16.9 Å². The van der Waals surface area contributed by atoms with Crippen LogP contribution in [0.2, 0.25) is 4.34 Å². The molecule has 20 heavy (non-hydrogen) atoms. The molecule has 0 spiro atoms. The lowest BCUT2D eigenvalue weighted by Gasteiger charge is -2.09. The SMILES string of the molecule is CCn1ncc2c(-c3ccc(Cl)s3)cc(C(C)C)nc21. The fraction of sp³-hybridized carbons (Fsp3) is 0.333. The van der Waals surface area contributed by atoms with Crippen LogP contribution in [-0.4, -0.2) is 14.8 Å². The van der Waals surface area contributed by atoms with Crippen molar-refractivity contribution in [3.63, 3.8) is 0 Å². The molecule has 0 aliphatic carbocycles. The first kappa shape index (κ1) is 13.6. The minimum atomic E-state index is 0.383. The molecular formula is C15H16ClN3S. The highest BCUT2D eigenvalue weighted by molar-refractivity contribution is 7.19. The molecule has 0 amide bonds. The van der Waals surface area contributed by atoms with E-state index in [4.69, 9.17) is 16.6 Å². The molecule has 0 aliphatic heterocycles. The molecule has 0 unspecified atom stereocenters. The van der Waals surface area contributed by atoms with Crippen LogP contribution in [0.3, 0.4) is 0 Å².